The lowest BCUT2D eigenvalue weighted by molar-refractivity contribution is -0.126. The molecule has 1 unspecified atom stereocenters. The van der Waals surface area contributed by atoms with E-state index in [9.17, 15) is 14.0 Å². The molecule has 2 aromatic carbocycles. The van der Waals surface area contributed by atoms with Crippen LogP contribution in [-0.4, -0.2) is 34.7 Å². The third-order valence-electron chi connectivity index (χ3n) is 5.73. The second-order valence-corrected chi connectivity index (χ2v) is 7.79. The number of nitrogens with zero attached hydrogens (tertiary/aromatic N) is 3. The van der Waals surface area contributed by atoms with Gasteiger partial charge in [-0.05, 0) is 36.8 Å². The van der Waals surface area contributed by atoms with Gasteiger partial charge < -0.3 is 24.3 Å². The minimum absolute atomic E-state index is 0.119. The van der Waals surface area contributed by atoms with Crippen LogP contribution < -0.4 is 19.7 Å². The van der Waals surface area contributed by atoms with Crippen LogP contribution >= 0.6 is 0 Å². The number of benzene rings is 2. The molecule has 3 aromatic rings. The van der Waals surface area contributed by atoms with Gasteiger partial charge in [0.15, 0.2) is 11.5 Å². The molecule has 9 heteroatoms. The molecular weight excluding hydrogens is 415 g/mol. The molecule has 0 aliphatic carbocycles. The molecule has 2 aliphatic rings. The van der Waals surface area contributed by atoms with Gasteiger partial charge in [-0.25, -0.2) is 9.37 Å². The average molecular weight is 436 g/mol. The maximum Gasteiger partial charge on any atom is 0.231 e. The van der Waals surface area contributed by atoms with Crippen LogP contribution in [0.3, 0.4) is 0 Å². The first kappa shape index (κ1) is 20.0. The van der Waals surface area contributed by atoms with Crippen LogP contribution in [0, 0.1) is 18.7 Å². The summed E-state index contributed by atoms with van der Waals surface area (Å²) >= 11 is 0. The molecule has 0 radical (unpaired) electrons. The summed E-state index contributed by atoms with van der Waals surface area (Å²) in [5.74, 6) is 0.652. The highest BCUT2D eigenvalue weighted by molar-refractivity contribution is 6.00. The van der Waals surface area contributed by atoms with Gasteiger partial charge in [-0.1, -0.05) is 6.07 Å². The van der Waals surface area contributed by atoms with Gasteiger partial charge in [0.2, 0.25) is 18.6 Å². The maximum absolute atomic E-state index is 14.6. The van der Waals surface area contributed by atoms with Gasteiger partial charge in [0.1, 0.15) is 11.6 Å². The van der Waals surface area contributed by atoms with Gasteiger partial charge in [0.25, 0.3) is 0 Å². The SMILES string of the molecule is Cc1nccn1-c1ccc(CNC(=O)C2CC(=O)N(c3ccc4c(c3)OCO4)C2)cc1F. The molecule has 0 bridgehead atoms. The van der Waals surface area contributed by atoms with Crippen molar-refractivity contribution in [3.8, 4) is 17.2 Å². The Morgan fingerprint density at radius 1 is 1.22 bits per heavy atom. The molecule has 0 saturated carbocycles. The first-order valence-corrected chi connectivity index (χ1v) is 10.3. The second kappa shape index (κ2) is 7.99. The van der Waals surface area contributed by atoms with E-state index in [0.29, 0.717) is 34.3 Å². The summed E-state index contributed by atoms with van der Waals surface area (Å²) in [5, 5.41) is 2.82. The van der Waals surface area contributed by atoms with Gasteiger partial charge in [0.05, 0.1) is 11.6 Å². The van der Waals surface area contributed by atoms with E-state index in [1.807, 2.05) is 0 Å². The Morgan fingerprint density at radius 2 is 2.06 bits per heavy atom. The largest absolute Gasteiger partial charge is 0.454 e. The van der Waals surface area contributed by atoms with E-state index in [1.54, 1.807) is 59.1 Å². The number of hydrogen-bond acceptors (Lipinski definition) is 5. The van der Waals surface area contributed by atoms with E-state index >= 15 is 0 Å². The molecule has 1 N–H and O–H groups in total. The Labute approximate surface area is 183 Å². The molecule has 1 aromatic heterocycles. The van der Waals surface area contributed by atoms with Crippen molar-refractivity contribution >= 4 is 17.5 Å². The topological polar surface area (TPSA) is 85.7 Å². The van der Waals surface area contributed by atoms with Crippen LogP contribution in [-0.2, 0) is 16.1 Å². The van der Waals surface area contributed by atoms with E-state index in [0.717, 1.165) is 0 Å². The van der Waals surface area contributed by atoms with Crippen molar-refractivity contribution in [3.63, 3.8) is 0 Å². The Kier molecular flexibility index (Phi) is 5.01. The Morgan fingerprint density at radius 3 is 2.84 bits per heavy atom. The van der Waals surface area contributed by atoms with E-state index in [1.165, 1.54) is 6.07 Å². The Hall–Kier alpha value is -3.88. The number of aryl methyl sites for hydroxylation is 1. The highest BCUT2D eigenvalue weighted by Gasteiger charge is 2.35. The van der Waals surface area contributed by atoms with E-state index in [2.05, 4.69) is 10.3 Å². The predicted octanol–water partition coefficient (Wildman–Crippen LogP) is 2.72. The van der Waals surface area contributed by atoms with Gasteiger partial charge in [-0.3, -0.25) is 9.59 Å². The molecular formula is C23H21FN4O4. The molecule has 3 heterocycles. The summed E-state index contributed by atoms with van der Waals surface area (Å²) in [7, 11) is 0. The summed E-state index contributed by atoms with van der Waals surface area (Å²) in [4.78, 5) is 30.9. The minimum atomic E-state index is -0.481. The van der Waals surface area contributed by atoms with Gasteiger partial charge in [-0.2, -0.15) is 0 Å². The fraction of sp³-hybridized carbons (Fsp3) is 0.261. The number of aromatic nitrogens is 2. The Balaban J connectivity index is 1.22. The summed E-state index contributed by atoms with van der Waals surface area (Å²) in [5.41, 5.74) is 1.70. The monoisotopic (exact) mass is 436 g/mol. The first-order valence-electron chi connectivity index (χ1n) is 10.3. The van der Waals surface area contributed by atoms with Crippen LogP contribution in [0.1, 0.15) is 17.8 Å². The smallest absolute Gasteiger partial charge is 0.231 e. The number of hydrogen-bond donors (Lipinski definition) is 1. The standard InChI is InChI=1S/C23H21FN4O4/c1-14-25-6-7-27(14)19-4-2-15(8-18(19)24)11-26-23(30)16-9-22(29)28(12-16)17-3-5-20-21(10-17)32-13-31-20/h2-8,10,16H,9,11-13H2,1H3,(H,26,30). The van der Waals surface area contributed by atoms with Gasteiger partial charge in [0, 0.05) is 43.7 Å². The van der Waals surface area contributed by atoms with Gasteiger partial charge >= 0.3 is 0 Å². The maximum atomic E-state index is 14.6. The highest BCUT2D eigenvalue weighted by atomic mass is 19.1. The quantitative estimate of drug-likeness (QED) is 0.665. The average Bonchev–Trinajstić information content (AvgIpc) is 3.51. The highest BCUT2D eigenvalue weighted by Crippen LogP contribution is 2.37. The summed E-state index contributed by atoms with van der Waals surface area (Å²) < 4.78 is 26.9. The fourth-order valence-corrected chi connectivity index (χ4v) is 4.01. The normalized spacial score (nSPS) is 17.1. The molecule has 2 amide bonds. The summed E-state index contributed by atoms with van der Waals surface area (Å²) in [6.07, 6.45) is 3.42. The Bertz CT molecular complexity index is 1210. The lowest BCUT2D eigenvalue weighted by Crippen LogP contribution is -2.32. The summed E-state index contributed by atoms with van der Waals surface area (Å²) in [6, 6.07) is 10.1. The number of fused-ring (bicyclic) bond motifs is 1. The van der Waals surface area contributed by atoms with Crippen molar-refractivity contribution in [1.82, 2.24) is 14.9 Å². The number of halogens is 1. The van der Waals surface area contributed by atoms with Crippen molar-refractivity contribution in [2.45, 2.75) is 19.9 Å². The van der Waals surface area contributed by atoms with Crippen molar-refractivity contribution in [2.24, 2.45) is 5.92 Å². The van der Waals surface area contributed by atoms with E-state index in [4.69, 9.17) is 9.47 Å². The van der Waals surface area contributed by atoms with E-state index in [-0.39, 0.29) is 38.1 Å². The number of rotatable bonds is 5. The predicted molar refractivity (Wildman–Crippen MR) is 113 cm³/mol. The molecule has 8 nitrogen and oxygen atoms in total. The van der Waals surface area contributed by atoms with Crippen molar-refractivity contribution in [2.75, 3.05) is 18.2 Å². The number of nitrogens with one attached hydrogen (secondary N) is 1. The number of carbonyl (C=O) groups is 2. The lowest BCUT2D eigenvalue weighted by Gasteiger charge is -2.17. The van der Waals surface area contributed by atoms with Crippen LogP contribution in [0.2, 0.25) is 0 Å². The zero-order valence-electron chi connectivity index (χ0n) is 17.4. The summed E-state index contributed by atoms with van der Waals surface area (Å²) in [6.45, 7) is 2.40. The zero-order valence-corrected chi connectivity index (χ0v) is 17.4. The first-order chi connectivity index (χ1) is 15.5. The van der Waals surface area contributed by atoms with E-state index < -0.39 is 11.7 Å². The third kappa shape index (κ3) is 3.66. The van der Waals surface area contributed by atoms with Crippen molar-refractivity contribution in [3.05, 3.63) is 66.0 Å². The van der Waals surface area contributed by atoms with Crippen LogP contribution in [0.15, 0.2) is 48.8 Å². The molecule has 2 aliphatic heterocycles. The molecule has 0 spiro atoms. The second-order valence-electron chi connectivity index (χ2n) is 7.79. The molecule has 1 fully saturated rings. The lowest BCUT2D eigenvalue weighted by atomic mass is 10.1. The van der Waals surface area contributed by atoms with Crippen molar-refractivity contribution in [1.29, 1.82) is 0 Å². The molecule has 1 saturated heterocycles. The number of amides is 2. The number of carbonyl (C=O) groups excluding carboxylic acids is 2. The van der Waals surface area contributed by atoms with Gasteiger partial charge in [-0.15, -0.1) is 0 Å². The number of imidazole rings is 1. The number of ether oxygens (including phenoxy) is 2. The third-order valence-corrected chi connectivity index (χ3v) is 5.73. The fourth-order valence-electron chi connectivity index (χ4n) is 4.01. The van der Waals surface area contributed by atoms with Crippen LogP contribution in [0.4, 0.5) is 10.1 Å². The number of anilines is 1. The van der Waals surface area contributed by atoms with Crippen LogP contribution in [0.5, 0.6) is 11.5 Å². The van der Waals surface area contributed by atoms with Crippen molar-refractivity contribution < 1.29 is 23.5 Å². The minimum Gasteiger partial charge on any atom is -0.454 e. The molecule has 164 valence electrons. The van der Waals surface area contributed by atoms with Crippen LogP contribution in [0.25, 0.3) is 5.69 Å². The zero-order chi connectivity index (χ0) is 22.2. The molecule has 1 atom stereocenters. The molecule has 32 heavy (non-hydrogen) atoms. The molecule has 5 rings (SSSR count).